The van der Waals surface area contributed by atoms with Crippen LogP contribution in [0.15, 0.2) is 48.8 Å². The molecule has 2 atom stereocenters. The van der Waals surface area contributed by atoms with Gasteiger partial charge in [0, 0.05) is 11.8 Å². The number of rotatable bonds is 6. The number of carbonyl (C=O) groups is 1. The molecule has 5 N–H and O–H groups in total. The number of benzene rings is 1. The third kappa shape index (κ3) is 3.33. The molecule has 3 rings (SSSR count). The molecule has 0 aliphatic heterocycles. The van der Waals surface area contributed by atoms with Crippen LogP contribution in [0.25, 0.3) is 16.6 Å². The summed E-state index contributed by atoms with van der Waals surface area (Å²) < 4.78 is 1.63. The first-order valence-electron chi connectivity index (χ1n) is 7.93. The largest absolute Gasteiger partial charge is 0.394 e. The highest BCUT2D eigenvalue weighted by atomic mass is 16.3. The Balaban J connectivity index is 2.15. The van der Waals surface area contributed by atoms with E-state index in [4.69, 9.17) is 5.73 Å². The Hall–Kier alpha value is -2.90. The number of carbonyl (C=O) groups excluding carboxylic acids is 1. The molecular weight excluding hydrogens is 320 g/mol. The maximum atomic E-state index is 11.8. The van der Waals surface area contributed by atoms with E-state index in [9.17, 15) is 15.0 Å². The number of aromatic nitrogens is 2. The molecular formula is C18H20N4O3. The number of primary amides is 1. The maximum absolute atomic E-state index is 11.8. The van der Waals surface area contributed by atoms with Crippen LogP contribution in [0, 0.1) is 0 Å². The Labute approximate surface area is 144 Å². The van der Waals surface area contributed by atoms with Crippen molar-refractivity contribution in [1.82, 2.24) is 9.61 Å². The van der Waals surface area contributed by atoms with Gasteiger partial charge in [0.05, 0.1) is 41.7 Å². The molecule has 0 bridgehead atoms. The molecule has 130 valence electrons. The molecule has 7 heteroatoms. The van der Waals surface area contributed by atoms with Crippen molar-refractivity contribution in [1.29, 1.82) is 0 Å². The van der Waals surface area contributed by atoms with Crippen molar-refractivity contribution < 1.29 is 15.0 Å². The van der Waals surface area contributed by atoms with Gasteiger partial charge in [-0.25, -0.2) is 4.52 Å². The highest BCUT2D eigenvalue weighted by Gasteiger charge is 2.20. The van der Waals surface area contributed by atoms with Gasteiger partial charge < -0.3 is 21.3 Å². The van der Waals surface area contributed by atoms with Crippen molar-refractivity contribution in [3.8, 4) is 11.1 Å². The molecule has 3 aromatic rings. The molecule has 0 unspecified atom stereocenters. The fraction of sp³-hybridized carbons (Fsp3) is 0.222. The van der Waals surface area contributed by atoms with Gasteiger partial charge in [-0.15, -0.1) is 0 Å². The Morgan fingerprint density at radius 3 is 2.64 bits per heavy atom. The summed E-state index contributed by atoms with van der Waals surface area (Å²) in [5, 5.41) is 26.5. The van der Waals surface area contributed by atoms with E-state index >= 15 is 0 Å². The smallest absolute Gasteiger partial charge is 0.252 e. The van der Waals surface area contributed by atoms with E-state index in [1.54, 1.807) is 11.4 Å². The van der Waals surface area contributed by atoms with Crippen molar-refractivity contribution in [3.05, 3.63) is 54.4 Å². The van der Waals surface area contributed by atoms with Crippen molar-refractivity contribution >= 4 is 17.1 Å². The Bertz CT molecular complexity index is 890. The summed E-state index contributed by atoms with van der Waals surface area (Å²) in [6.45, 7) is 1.26. The summed E-state index contributed by atoms with van der Waals surface area (Å²) in [4.78, 5) is 11.8. The quantitative estimate of drug-likeness (QED) is 0.539. The molecule has 1 amide bonds. The number of anilines is 1. The van der Waals surface area contributed by atoms with Crippen molar-refractivity contribution in [3.63, 3.8) is 0 Å². The van der Waals surface area contributed by atoms with Gasteiger partial charge in [-0.2, -0.15) is 5.10 Å². The molecule has 0 radical (unpaired) electrons. The lowest BCUT2D eigenvalue weighted by atomic mass is 10.1. The minimum Gasteiger partial charge on any atom is -0.394 e. The number of hydrogen-bond acceptors (Lipinski definition) is 5. The fourth-order valence-electron chi connectivity index (χ4n) is 2.69. The number of aliphatic hydroxyl groups is 2. The first kappa shape index (κ1) is 16.9. The van der Waals surface area contributed by atoms with Gasteiger partial charge in [0.25, 0.3) is 5.91 Å². The zero-order chi connectivity index (χ0) is 18.0. The van der Waals surface area contributed by atoms with Gasteiger partial charge in [-0.05, 0) is 18.6 Å². The maximum Gasteiger partial charge on any atom is 0.252 e. The van der Waals surface area contributed by atoms with E-state index in [-0.39, 0.29) is 12.2 Å². The predicted octanol–water partition coefficient (Wildman–Crippen LogP) is 1.25. The molecule has 0 fully saturated rings. The van der Waals surface area contributed by atoms with Gasteiger partial charge in [0.15, 0.2) is 0 Å². The zero-order valence-corrected chi connectivity index (χ0v) is 13.8. The third-order valence-electron chi connectivity index (χ3n) is 4.12. The van der Waals surface area contributed by atoms with Crippen molar-refractivity contribution in [2.45, 2.75) is 19.1 Å². The van der Waals surface area contributed by atoms with Crippen LogP contribution in [-0.2, 0) is 0 Å². The second-order valence-corrected chi connectivity index (χ2v) is 5.90. The molecule has 2 heterocycles. The van der Waals surface area contributed by atoms with Crippen LogP contribution < -0.4 is 11.1 Å². The van der Waals surface area contributed by atoms with Crippen molar-refractivity contribution in [2.75, 3.05) is 11.9 Å². The lowest BCUT2D eigenvalue weighted by Gasteiger charge is -2.22. The highest BCUT2D eigenvalue weighted by Crippen LogP contribution is 2.29. The number of fused-ring (bicyclic) bond motifs is 1. The minimum atomic E-state index is -0.817. The van der Waals surface area contributed by atoms with Crippen LogP contribution in [0.3, 0.4) is 0 Å². The summed E-state index contributed by atoms with van der Waals surface area (Å²) in [6, 6.07) is 11.0. The summed E-state index contributed by atoms with van der Waals surface area (Å²) >= 11 is 0. The first-order chi connectivity index (χ1) is 12.0. The van der Waals surface area contributed by atoms with Gasteiger partial charge in [0.1, 0.15) is 0 Å². The average molecular weight is 340 g/mol. The van der Waals surface area contributed by atoms with Gasteiger partial charge in [-0.3, -0.25) is 4.79 Å². The molecule has 0 saturated heterocycles. The van der Waals surface area contributed by atoms with E-state index in [1.165, 1.54) is 6.20 Å². The van der Waals surface area contributed by atoms with E-state index in [2.05, 4.69) is 10.4 Å². The Morgan fingerprint density at radius 1 is 1.32 bits per heavy atom. The topological polar surface area (TPSA) is 113 Å². The van der Waals surface area contributed by atoms with Crippen LogP contribution in [-0.4, -0.2) is 44.5 Å². The summed E-state index contributed by atoms with van der Waals surface area (Å²) in [5.41, 5.74) is 8.66. The second kappa shape index (κ2) is 6.92. The van der Waals surface area contributed by atoms with Crippen LogP contribution >= 0.6 is 0 Å². The van der Waals surface area contributed by atoms with E-state index < -0.39 is 18.1 Å². The van der Waals surface area contributed by atoms with Crippen molar-refractivity contribution in [2.24, 2.45) is 5.73 Å². The molecule has 1 aromatic carbocycles. The third-order valence-corrected chi connectivity index (χ3v) is 4.12. The van der Waals surface area contributed by atoms with Crippen LogP contribution in [0.5, 0.6) is 0 Å². The van der Waals surface area contributed by atoms with E-state index in [0.717, 1.165) is 11.1 Å². The molecule has 0 saturated carbocycles. The van der Waals surface area contributed by atoms with Gasteiger partial charge in [0.2, 0.25) is 0 Å². The monoisotopic (exact) mass is 340 g/mol. The summed E-state index contributed by atoms with van der Waals surface area (Å²) in [5.74, 6) is -0.637. The standard InChI is InChI=1S/C18H20N4O3/c1-11(24)15(10-23)21-17-14(18(19)25)8-20-22-9-13(7-16(17)22)12-5-3-2-4-6-12/h2-9,11,15,21,23-24H,10H2,1H3,(H2,19,25)/t11-,15-/m0/s1. The molecule has 7 nitrogen and oxygen atoms in total. The molecule has 25 heavy (non-hydrogen) atoms. The zero-order valence-electron chi connectivity index (χ0n) is 13.8. The van der Waals surface area contributed by atoms with Crippen LogP contribution in [0.4, 0.5) is 5.69 Å². The molecule has 2 aromatic heterocycles. The number of nitrogens with one attached hydrogen (secondary N) is 1. The number of amides is 1. The Kier molecular flexibility index (Phi) is 4.69. The van der Waals surface area contributed by atoms with Gasteiger partial charge >= 0.3 is 0 Å². The lowest BCUT2D eigenvalue weighted by molar-refractivity contribution is 0.0999. The molecule has 0 spiro atoms. The fourth-order valence-corrected chi connectivity index (χ4v) is 2.69. The minimum absolute atomic E-state index is 0.198. The molecule has 0 aliphatic rings. The number of aliphatic hydroxyl groups excluding tert-OH is 2. The number of nitrogens with two attached hydrogens (primary N) is 1. The second-order valence-electron chi connectivity index (χ2n) is 5.90. The number of nitrogens with zero attached hydrogens (tertiary/aromatic N) is 2. The molecule has 0 aliphatic carbocycles. The van der Waals surface area contributed by atoms with Crippen LogP contribution in [0.2, 0.25) is 0 Å². The predicted molar refractivity (Wildman–Crippen MR) is 95.3 cm³/mol. The van der Waals surface area contributed by atoms with Crippen LogP contribution in [0.1, 0.15) is 17.3 Å². The summed E-state index contributed by atoms with van der Waals surface area (Å²) in [6.07, 6.45) is 2.40. The SMILES string of the molecule is C[C@H](O)[C@H](CO)Nc1c(C(N)=O)cnn2cc(-c3ccccc3)cc12. The lowest BCUT2D eigenvalue weighted by Crippen LogP contribution is -2.35. The Morgan fingerprint density at radius 2 is 2.04 bits per heavy atom. The van der Waals surface area contributed by atoms with Gasteiger partial charge in [-0.1, -0.05) is 30.3 Å². The first-order valence-corrected chi connectivity index (χ1v) is 7.93. The normalized spacial score (nSPS) is 13.6. The average Bonchev–Trinajstić information content (AvgIpc) is 3.04. The number of hydrogen-bond donors (Lipinski definition) is 4. The van der Waals surface area contributed by atoms with E-state index in [0.29, 0.717) is 11.2 Å². The van der Waals surface area contributed by atoms with E-state index in [1.807, 2.05) is 42.6 Å². The highest BCUT2D eigenvalue weighted by molar-refractivity contribution is 6.02. The summed E-state index contributed by atoms with van der Waals surface area (Å²) in [7, 11) is 0.